The number of pyridine rings is 1. The number of nitrogens with one attached hydrogen (secondary N) is 1. The maximum atomic E-state index is 11.1. The molecule has 0 aliphatic heterocycles. The van der Waals surface area contributed by atoms with E-state index in [-0.39, 0.29) is 5.56 Å². The van der Waals surface area contributed by atoms with E-state index in [9.17, 15) is 4.79 Å². The van der Waals surface area contributed by atoms with Crippen molar-refractivity contribution in [3.05, 3.63) is 35.9 Å². The van der Waals surface area contributed by atoms with Crippen LogP contribution in [0.4, 0.5) is 5.82 Å². The molecular formula is C15H18N2O2. The fourth-order valence-electron chi connectivity index (χ4n) is 2.18. The number of fused-ring (bicyclic) bond motifs is 1. The lowest BCUT2D eigenvalue weighted by molar-refractivity contribution is 0.0699. The third kappa shape index (κ3) is 3.02. The van der Waals surface area contributed by atoms with E-state index in [0.717, 1.165) is 18.7 Å². The second-order valence-electron chi connectivity index (χ2n) is 4.71. The molecule has 1 atom stereocenters. The van der Waals surface area contributed by atoms with Gasteiger partial charge in [0.1, 0.15) is 5.82 Å². The minimum absolute atomic E-state index is 0.290. The van der Waals surface area contributed by atoms with Gasteiger partial charge in [-0.25, -0.2) is 9.78 Å². The van der Waals surface area contributed by atoms with E-state index in [0.29, 0.717) is 16.9 Å². The number of carbonyl (C=O) groups is 1. The van der Waals surface area contributed by atoms with E-state index >= 15 is 0 Å². The Morgan fingerprint density at radius 3 is 2.84 bits per heavy atom. The fraction of sp³-hybridized carbons (Fsp3) is 0.333. The Labute approximate surface area is 112 Å². The minimum atomic E-state index is -0.924. The first-order valence-corrected chi connectivity index (χ1v) is 6.51. The van der Waals surface area contributed by atoms with Crippen molar-refractivity contribution in [1.29, 1.82) is 0 Å². The van der Waals surface area contributed by atoms with E-state index in [1.54, 1.807) is 12.1 Å². The van der Waals surface area contributed by atoms with Crippen LogP contribution in [0.2, 0.25) is 0 Å². The summed E-state index contributed by atoms with van der Waals surface area (Å²) < 4.78 is 0. The molecule has 100 valence electrons. The van der Waals surface area contributed by atoms with Gasteiger partial charge in [0.05, 0.1) is 11.1 Å². The van der Waals surface area contributed by atoms with E-state index in [4.69, 9.17) is 5.11 Å². The Bertz CT molecular complexity index is 596. The van der Waals surface area contributed by atoms with Crippen LogP contribution in [0.1, 0.15) is 37.0 Å². The summed E-state index contributed by atoms with van der Waals surface area (Å²) in [5.74, 6) is -0.136. The molecule has 4 nitrogen and oxygen atoms in total. The molecule has 0 aliphatic carbocycles. The van der Waals surface area contributed by atoms with Gasteiger partial charge in [0, 0.05) is 11.4 Å². The maximum absolute atomic E-state index is 11.1. The number of anilines is 1. The van der Waals surface area contributed by atoms with E-state index in [1.165, 1.54) is 0 Å². The van der Waals surface area contributed by atoms with Crippen molar-refractivity contribution < 1.29 is 9.90 Å². The third-order valence-corrected chi connectivity index (χ3v) is 3.08. The number of nitrogens with zero attached hydrogens (tertiary/aromatic N) is 1. The van der Waals surface area contributed by atoms with Crippen LogP contribution in [-0.4, -0.2) is 22.1 Å². The van der Waals surface area contributed by atoms with Crippen LogP contribution >= 0.6 is 0 Å². The molecule has 0 saturated carbocycles. The van der Waals surface area contributed by atoms with Crippen molar-refractivity contribution in [2.45, 2.75) is 32.7 Å². The van der Waals surface area contributed by atoms with E-state index in [1.807, 2.05) is 18.2 Å². The Morgan fingerprint density at radius 2 is 2.16 bits per heavy atom. The van der Waals surface area contributed by atoms with Crippen molar-refractivity contribution in [2.75, 3.05) is 5.32 Å². The average molecular weight is 258 g/mol. The monoisotopic (exact) mass is 258 g/mol. The van der Waals surface area contributed by atoms with Gasteiger partial charge in [-0.05, 0) is 37.6 Å². The Hall–Kier alpha value is -2.10. The zero-order chi connectivity index (χ0) is 13.8. The largest absolute Gasteiger partial charge is 0.478 e. The fourth-order valence-corrected chi connectivity index (χ4v) is 2.18. The lowest BCUT2D eigenvalue weighted by atomic mass is 10.1. The number of carboxylic acids is 1. The summed E-state index contributed by atoms with van der Waals surface area (Å²) in [4.78, 5) is 15.6. The van der Waals surface area contributed by atoms with E-state index < -0.39 is 5.97 Å². The highest BCUT2D eigenvalue weighted by Crippen LogP contribution is 2.20. The SMILES string of the molecule is CCCC(C)Nc1ccc2c(C(=O)O)cccc2n1. The zero-order valence-corrected chi connectivity index (χ0v) is 11.2. The van der Waals surface area contributed by atoms with Gasteiger partial charge in [-0.1, -0.05) is 19.4 Å². The zero-order valence-electron chi connectivity index (χ0n) is 11.2. The molecule has 1 aromatic carbocycles. The van der Waals surface area contributed by atoms with Gasteiger partial charge in [0.25, 0.3) is 0 Å². The lowest BCUT2D eigenvalue weighted by Crippen LogP contribution is -2.15. The summed E-state index contributed by atoms with van der Waals surface area (Å²) in [5.41, 5.74) is 0.992. The van der Waals surface area contributed by atoms with Crippen LogP contribution in [0.25, 0.3) is 10.9 Å². The third-order valence-electron chi connectivity index (χ3n) is 3.08. The normalized spacial score (nSPS) is 12.3. The summed E-state index contributed by atoms with van der Waals surface area (Å²) in [7, 11) is 0. The summed E-state index contributed by atoms with van der Waals surface area (Å²) in [6.07, 6.45) is 2.19. The molecule has 2 aromatic rings. The van der Waals surface area contributed by atoms with Crippen LogP contribution in [-0.2, 0) is 0 Å². The van der Waals surface area contributed by atoms with Gasteiger partial charge in [0.15, 0.2) is 0 Å². The van der Waals surface area contributed by atoms with Crippen LogP contribution < -0.4 is 5.32 Å². The highest BCUT2D eigenvalue weighted by molar-refractivity contribution is 6.02. The molecule has 0 amide bonds. The first-order valence-electron chi connectivity index (χ1n) is 6.51. The number of benzene rings is 1. The minimum Gasteiger partial charge on any atom is -0.478 e. The molecule has 19 heavy (non-hydrogen) atoms. The van der Waals surface area contributed by atoms with Gasteiger partial charge in [-0.3, -0.25) is 0 Å². The van der Waals surface area contributed by atoms with E-state index in [2.05, 4.69) is 24.1 Å². The lowest BCUT2D eigenvalue weighted by Gasteiger charge is -2.14. The van der Waals surface area contributed by atoms with Crippen LogP contribution in [0, 0.1) is 0 Å². The van der Waals surface area contributed by atoms with Crippen LogP contribution in [0.15, 0.2) is 30.3 Å². The molecule has 1 aromatic heterocycles. The smallest absolute Gasteiger partial charge is 0.336 e. The summed E-state index contributed by atoms with van der Waals surface area (Å²) >= 11 is 0. The highest BCUT2D eigenvalue weighted by Gasteiger charge is 2.09. The number of aromatic nitrogens is 1. The molecule has 0 fully saturated rings. The number of hydrogen-bond acceptors (Lipinski definition) is 3. The summed E-state index contributed by atoms with van der Waals surface area (Å²) in [5, 5.41) is 13.1. The van der Waals surface area contributed by atoms with Crippen molar-refractivity contribution in [2.24, 2.45) is 0 Å². The molecular weight excluding hydrogens is 240 g/mol. The molecule has 0 radical (unpaired) electrons. The van der Waals surface area contributed by atoms with Crippen molar-refractivity contribution >= 4 is 22.7 Å². The second-order valence-corrected chi connectivity index (χ2v) is 4.71. The maximum Gasteiger partial charge on any atom is 0.336 e. The average Bonchev–Trinajstić information content (AvgIpc) is 2.37. The first-order chi connectivity index (χ1) is 9.11. The topological polar surface area (TPSA) is 62.2 Å². The highest BCUT2D eigenvalue weighted by atomic mass is 16.4. The second kappa shape index (κ2) is 5.69. The van der Waals surface area contributed by atoms with Crippen LogP contribution in [0.5, 0.6) is 0 Å². The standard InChI is InChI=1S/C15H18N2O2/c1-3-5-10(2)16-14-9-8-11-12(15(18)19)6-4-7-13(11)17-14/h4,6-10H,3,5H2,1-2H3,(H,16,17)(H,18,19). The van der Waals surface area contributed by atoms with Crippen molar-refractivity contribution in [3.8, 4) is 0 Å². The molecule has 2 rings (SSSR count). The molecule has 0 bridgehead atoms. The number of aromatic carboxylic acids is 1. The van der Waals surface area contributed by atoms with Crippen molar-refractivity contribution in [1.82, 2.24) is 4.98 Å². The molecule has 1 heterocycles. The van der Waals surface area contributed by atoms with Gasteiger partial charge < -0.3 is 10.4 Å². The molecule has 0 spiro atoms. The first kappa shape index (κ1) is 13.3. The predicted octanol–water partition coefficient (Wildman–Crippen LogP) is 3.53. The molecule has 0 aliphatic rings. The molecule has 0 saturated heterocycles. The number of rotatable bonds is 5. The van der Waals surface area contributed by atoms with Crippen molar-refractivity contribution in [3.63, 3.8) is 0 Å². The Morgan fingerprint density at radius 1 is 1.37 bits per heavy atom. The van der Waals surface area contributed by atoms with Gasteiger partial charge >= 0.3 is 5.97 Å². The number of hydrogen-bond donors (Lipinski definition) is 2. The Balaban J connectivity index is 2.34. The summed E-state index contributed by atoms with van der Waals surface area (Å²) in [6.45, 7) is 4.26. The van der Waals surface area contributed by atoms with Crippen LogP contribution in [0.3, 0.4) is 0 Å². The molecule has 2 N–H and O–H groups in total. The van der Waals surface area contributed by atoms with Gasteiger partial charge in [0.2, 0.25) is 0 Å². The Kier molecular flexibility index (Phi) is 4.00. The predicted molar refractivity (Wildman–Crippen MR) is 76.7 cm³/mol. The number of carboxylic acid groups (broad SMARTS) is 1. The molecule has 1 unspecified atom stereocenters. The molecule has 4 heteroatoms. The van der Waals surface area contributed by atoms with Gasteiger partial charge in [-0.2, -0.15) is 0 Å². The quantitative estimate of drug-likeness (QED) is 0.861. The summed E-state index contributed by atoms with van der Waals surface area (Å²) in [6, 6.07) is 9.15. The van der Waals surface area contributed by atoms with Gasteiger partial charge in [-0.15, -0.1) is 0 Å².